The summed E-state index contributed by atoms with van der Waals surface area (Å²) in [6, 6.07) is 5.32. The van der Waals surface area contributed by atoms with Crippen molar-refractivity contribution in [1.82, 2.24) is 24.5 Å². The van der Waals surface area contributed by atoms with Gasteiger partial charge in [-0.05, 0) is 45.4 Å². The minimum atomic E-state index is -0.867. The maximum atomic E-state index is 11.6. The molecule has 33 heavy (non-hydrogen) atoms. The zero-order valence-electron chi connectivity index (χ0n) is 19.6. The number of carbonyl (C=O) groups is 1. The van der Waals surface area contributed by atoms with Gasteiger partial charge in [0.1, 0.15) is 5.52 Å². The second-order valence-electron chi connectivity index (χ2n) is 8.70. The van der Waals surface area contributed by atoms with Gasteiger partial charge in [-0.3, -0.25) is 19.7 Å². The zero-order valence-corrected chi connectivity index (χ0v) is 19.6. The number of anilines is 2. The summed E-state index contributed by atoms with van der Waals surface area (Å²) in [7, 11) is 1.84. The molecular weight excluding hydrogens is 420 g/mol. The van der Waals surface area contributed by atoms with Crippen molar-refractivity contribution < 1.29 is 9.90 Å². The van der Waals surface area contributed by atoms with Crippen LogP contribution in [0.1, 0.15) is 39.3 Å². The van der Waals surface area contributed by atoms with Crippen molar-refractivity contribution in [3.8, 4) is 17.1 Å². The van der Waals surface area contributed by atoms with Gasteiger partial charge in [-0.1, -0.05) is 13.8 Å². The van der Waals surface area contributed by atoms with Crippen LogP contribution in [0.3, 0.4) is 0 Å². The second kappa shape index (κ2) is 8.43. The van der Waals surface area contributed by atoms with Crippen LogP contribution in [-0.4, -0.2) is 60.8 Å². The molecule has 0 aromatic carbocycles. The van der Waals surface area contributed by atoms with Crippen LogP contribution in [0.2, 0.25) is 0 Å². The summed E-state index contributed by atoms with van der Waals surface area (Å²) < 4.78 is 1.31. The molecule has 0 amide bonds. The Morgan fingerprint density at radius 3 is 2.76 bits per heavy atom. The number of likely N-dealkylation sites (N-methyl/N-ethyl adjacent to an activating group) is 1. The van der Waals surface area contributed by atoms with E-state index in [1.54, 1.807) is 6.07 Å². The highest BCUT2D eigenvalue weighted by molar-refractivity contribution is 5.89. The first-order valence-electron chi connectivity index (χ1n) is 11.1. The molecule has 174 valence electrons. The topological polar surface area (TPSA) is 134 Å². The van der Waals surface area contributed by atoms with E-state index < -0.39 is 5.66 Å². The van der Waals surface area contributed by atoms with Crippen molar-refractivity contribution in [2.45, 2.75) is 46.2 Å². The Morgan fingerprint density at radius 2 is 2.18 bits per heavy atom. The van der Waals surface area contributed by atoms with Gasteiger partial charge in [-0.25, -0.2) is 0 Å². The Hall–Kier alpha value is -3.53. The van der Waals surface area contributed by atoms with Crippen molar-refractivity contribution in [3.05, 3.63) is 23.9 Å². The highest BCUT2D eigenvalue weighted by Crippen LogP contribution is 2.35. The van der Waals surface area contributed by atoms with Gasteiger partial charge in [0.15, 0.2) is 17.8 Å². The number of rotatable bonds is 7. The normalized spacial score (nSPS) is 20.0. The molecule has 2 unspecified atom stereocenters. The number of nitrogens with two attached hydrogens (primary N) is 1. The minimum Gasteiger partial charge on any atom is -0.493 e. The van der Waals surface area contributed by atoms with Crippen molar-refractivity contribution in [2.75, 3.05) is 24.6 Å². The maximum Gasteiger partial charge on any atom is 0.244 e. The first kappa shape index (κ1) is 22.7. The molecule has 3 aromatic rings. The molecule has 1 fully saturated rings. The first-order chi connectivity index (χ1) is 15.7. The number of hydrogen-bond acceptors (Lipinski definition) is 9. The lowest BCUT2D eigenvalue weighted by atomic mass is 9.97. The molecule has 1 saturated heterocycles. The number of aromatic nitrogens is 4. The van der Waals surface area contributed by atoms with Gasteiger partial charge in [0.05, 0.1) is 17.1 Å². The highest BCUT2D eigenvalue weighted by Gasteiger charge is 2.43. The van der Waals surface area contributed by atoms with E-state index in [4.69, 9.17) is 15.7 Å². The Balaban J connectivity index is 1.72. The maximum absolute atomic E-state index is 11.6. The fourth-order valence-corrected chi connectivity index (χ4v) is 3.89. The molecule has 0 aliphatic carbocycles. The third kappa shape index (κ3) is 3.91. The zero-order chi connectivity index (χ0) is 23.9. The molecule has 0 saturated carbocycles. The molecule has 0 bridgehead atoms. The van der Waals surface area contributed by atoms with Crippen molar-refractivity contribution in [2.24, 2.45) is 10.9 Å². The molecule has 0 radical (unpaired) electrons. The van der Waals surface area contributed by atoms with Crippen molar-refractivity contribution >= 4 is 35.0 Å². The fraction of sp³-hybridized carbons (Fsp3) is 0.435. The van der Waals surface area contributed by atoms with Gasteiger partial charge < -0.3 is 16.2 Å². The molecule has 0 spiro atoms. The van der Waals surface area contributed by atoms with Crippen LogP contribution in [0.25, 0.3) is 16.8 Å². The summed E-state index contributed by atoms with van der Waals surface area (Å²) in [6.45, 7) is 9.00. The highest BCUT2D eigenvalue weighted by atomic mass is 16.3. The Labute approximate surface area is 192 Å². The van der Waals surface area contributed by atoms with E-state index in [0.717, 1.165) is 36.3 Å². The van der Waals surface area contributed by atoms with Gasteiger partial charge in [0.25, 0.3) is 0 Å². The number of aliphatic imine (C=N–C) groups is 1. The molecule has 4 rings (SSSR count). The summed E-state index contributed by atoms with van der Waals surface area (Å²) in [6.07, 6.45) is 2.49. The van der Waals surface area contributed by atoms with Gasteiger partial charge in [-0.2, -0.15) is 9.50 Å². The number of pyridine rings is 1. The van der Waals surface area contributed by atoms with Gasteiger partial charge in [-0.15, -0.1) is 5.10 Å². The van der Waals surface area contributed by atoms with E-state index in [-0.39, 0.29) is 17.6 Å². The molecule has 3 aromatic heterocycles. The lowest BCUT2D eigenvalue weighted by Gasteiger charge is -2.46. The summed E-state index contributed by atoms with van der Waals surface area (Å²) >= 11 is 0. The van der Waals surface area contributed by atoms with Crippen molar-refractivity contribution in [3.63, 3.8) is 0 Å². The first-order valence-corrected chi connectivity index (χ1v) is 11.1. The third-order valence-electron chi connectivity index (χ3n) is 6.61. The summed E-state index contributed by atoms with van der Waals surface area (Å²) in [5.74, 6) is 0.619. The number of hydrogen-bond donors (Lipinski definition) is 3. The van der Waals surface area contributed by atoms with E-state index in [2.05, 4.69) is 29.2 Å². The largest absolute Gasteiger partial charge is 0.493 e. The molecule has 2 atom stereocenters. The third-order valence-corrected chi connectivity index (χ3v) is 6.61. The number of nitrogen functional groups attached to an aromatic ring is 1. The van der Waals surface area contributed by atoms with Crippen molar-refractivity contribution in [1.29, 1.82) is 0 Å². The van der Waals surface area contributed by atoms with Crippen LogP contribution in [-0.2, 0) is 4.79 Å². The smallest absolute Gasteiger partial charge is 0.244 e. The Kier molecular flexibility index (Phi) is 5.79. The molecule has 1 aliphatic heterocycles. The number of likely N-dealkylation sites (tertiary alicyclic amines) is 1. The number of fused-ring (bicyclic) bond motifs is 1. The number of aryl methyl sites for hydroxylation is 1. The molecule has 4 N–H and O–H groups in total. The quantitative estimate of drug-likeness (QED) is 0.369. The van der Waals surface area contributed by atoms with E-state index >= 15 is 0 Å². The Morgan fingerprint density at radius 1 is 1.42 bits per heavy atom. The number of aromatic hydroxyl groups is 1. The predicted octanol–water partition coefficient (Wildman–Crippen LogP) is 3.17. The summed E-state index contributed by atoms with van der Waals surface area (Å²) in [4.78, 5) is 27.3. The fourth-order valence-electron chi connectivity index (χ4n) is 3.89. The SMILES string of the molecule is CCC(C)C(C)=Nc1ccc(-c2cc(O)n3nc(NC4(C=O)CCN4C)nc(N)c23)nc1C. The standard InChI is InChI=1S/C23H30N8O2/c1-6-13(2)14(3)25-17-7-8-18(26-15(17)4)16-11-19(33)31-20(16)21(24)27-22(29-31)28-23(12-32)9-10-30(23)5/h7-8,11-13,33H,6,9-10H2,1-5H3,(H3,24,27,28,29). The number of nitrogens with zero attached hydrogens (tertiary/aromatic N) is 6. The lowest BCUT2D eigenvalue weighted by Crippen LogP contribution is -2.64. The van der Waals surface area contributed by atoms with E-state index in [1.165, 1.54) is 4.52 Å². The van der Waals surface area contributed by atoms with E-state index in [9.17, 15) is 9.90 Å². The van der Waals surface area contributed by atoms with Gasteiger partial charge >= 0.3 is 0 Å². The Bertz CT molecular complexity index is 1250. The second-order valence-corrected chi connectivity index (χ2v) is 8.70. The summed E-state index contributed by atoms with van der Waals surface area (Å²) in [5, 5.41) is 18.0. The van der Waals surface area contributed by atoms with Crippen LogP contribution >= 0.6 is 0 Å². The molecule has 4 heterocycles. The van der Waals surface area contributed by atoms with Crippen LogP contribution in [0, 0.1) is 12.8 Å². The van der Waals surface area contributed by atoms with Crippen LogP contribution < -0.4 is 11.1 Å². The average molecular weight is 451 g/mol. The minimum absolute atomic E-state index is 0.103. The van der Waals surface area contributed by atoms with Crippen LogP contribution in [0.5, 0.6) is 5.88 Å². The molecule has 1 aliphatic rings. The van der Waals surface area contributed by atoms with E-state index in [1.807, 2.05) is 37.9 Å². The number of carbonyl (C=O) groups excluding carboxylic acids is 1. The van der Waals surface area contributed by atoms with Gasteiger partial charge in [0, 0.05) is 30.3 Å². The molecular formula is C23H30N8O2. The van der Waals surface area contributed by atoms with Crippen LogP contribution in [0.4, 0.5) is 17.5 Å². The average Bonchev–Trinajstić information content (AvgIpc) is 3.13. The number of nitrogens with one attached hydrogen (secondary N) is 1. The summed E-state index contributed by atoms with van der Waals surface area (Å²) in [5.41, 5.74) is 9.73. The van der Waals surface area contributed by atoms with Gasteiger partial charge in [0.2, 0.25) is 11.8 Å². The van der Waals surface area contributed by atoms with Crippen LogP contribution in [0.15, 0.2) is 23.2 Å². The molecule has 10 heteroatoms. The lowest BCUT2D eigenvalue weighted by molar-refractivity contribution is -0.122. The number of aldehydes is 1. The predicted molar refractivity (Wildman–Crippen MR) is 129 cm³/mol. The molecule has 10 nitrogen and oxygen atoms in total. The monoisotopic (exact) mass is 450 g/mol. The van der Waals surface area contributed by atoms with E-state index in [0.29, 0.717) is 29.1 Å².